The first-order valence-electron chi connectivity index (χ1n) is 5.49. The van der Waals surface area contributed by atoms with E-state index < -0.39 is 11.6 Å². The van der Waals surface area contributed by atoms with E-state index in [-0.39, 0.29) is 23.5 Å². The van der Waals surface area contributed by atoms with E-state index in [0.29, 0.717) is 10.0 Å². The molecule has 0 saturated heterocycles. The second-order valence-corrected chi connectivity index (χ2v) is 4.92. The molecule has 0 unspecified atom stereocenters. The topological polar surface area (TPSA) is 43.1 Å². The van der Waals surface area contributed by atoms with Gasteiger partial charge in [0.1, 0.15) is 11.6 Å². The van der Waals surface area contributed by atoms with E-state index in [9.17, 15) is 13.6 Å². The lowest BCUT2D eigenvalue weighted by atomic mass is 10.0. The number of carbonyl (C=O) groups excluding carboxylic acids is 1. The third-order valence-electron chi connectivity index (χ3n) is 2.67. The van der Waals surface area contributed by atoms with Crippen LogP contribution in [0.4, 0.5) is 14.5 Å². The maximum Gasteiger partial charge on any atom is 0.169 e. The molecule has 0 atom stereocenters. The van der Waals surface area contributed by atoms with Crippen LogP contribution in [0.2, 0.25) is 0 Å². The maximum atomic E-state index is 13.1. The number of Topliss-reactive ketones (excluding diaryl/α,β-unsaturated/α-hetero) is 1. The molecule has 0 saturated carbocycles. The first-order valence-corrected chi connectivity index (χ1v) is 6.29. The highest BCUT2D eigenvalue weighted by Gasteiger charge is 2.13. The van der Waals surface area contributed by atoms with Crippen LogP contribution in [0, 0.1) is 11.6 Å². The first-order chi connectivity index (χ1) is 8.97. The van der Waals surface area contributed by atoms with Gasteiger partial charge in [0, 0.05) is 22.1 Å². The minimum atomic E-state index is -0.532. The molecule has 0 amide bonds. The summed E-state index contributed by atoms with van der Waals surface area (Å²) >= 11 is 3.24. The third-order valence-corrected chi connectivity index (χ3v) is 3.45. The zero-order valence-corrected chi connectivity index (χ0v) is 11.4. The van der Waals surface area contributed by atoms with Crippen LogP contribution in [0.3, 0.4) is 0 Å². The van der Waals surface area contributed by atoms with E-state index >= 15 is 0 Å². The summed E-state index contributed by atoms with van der Waals surface area (Å²) in [5, 5.41) is 0. The van der Waals surface area contributed by atoms with Gasteiger partial charge in [-0.1, -0.05) is 15.9 Å². The average Bonchev–Trinajstić information content (AvgIpc) is 2.36. The number of nitrogens with two attached hydrogens (primary N) is 1. The van der Waals surface area contributed by atoms with Crippen molar-refractivity contribution in [1.82, 2.24) is 0 Å². The number of anilines is 1. The number of halogens is 3. The van der Waals surface area contributed by atoms with Gasteiger partial charge >= 0.3 is 0 Å². The van der Waals surface area contributed by atoms with Gasteiger partial charge in [-0.05, 0) is 42.0 Å². The smallest absolute Gasteiger partial charge is 0.169 e. The molecule has 2 nitrogen and oxygen atoms in total. The summed E-state index contributed by atoms with van der Waals surface area (Å²) in [6, 6.07) is 7.68. The van der Waals surface area contributed by atoms with Gasteiger partial charge in [-0.2, -0.15) is 0 Å². The lowest BCUT2D eigenvalue weighted by Gasteiger charge is -2.07. The number of nitrogen functional groups attached to an aromatic ring is 1. The van der Waals surface area contributed by atoms with Crippen molar-refractivity contribution in [2.45, 2.75) is 6.42 Å². The third kappa shape index (κ3) is 3.17. The Bertz CT molecular complexity index is 643. The van der Waals surface area contributed by atoms with Crippen LogP contribution >= 0.6 is 15.9 Å². The number of hydrogen-bond donors (Lipinski definition) is 1. The number of rotatable bonds is 3. The zero-order chi connectivity index (χ0) is 14.0. The molecule has 0 heterocycles. The number of ketones is 1. The molecule has 0 bridgehead atoms. The quantitative estimate of drug-likeness (QED) is 0.690. The fraction of sp³-hybridized carbons (Fsp3) is 0.0714. The molecule has 0 aliphatic heterocycles. The first kappa shape index (κ1) is 13.7. The summed E-state index contributed by atoms with van der Waals surface area (Å²) in [7, 11) is 0. The normalized spacial score (nSPS) is 10.5. The van der Waals surface area contributed by atoms with E-state index in [1.165, 1.54) is 30.3 Å². The summed E-state index contributed by atoms with van der Waals surface area (Å²) in [6.07, 6.45) is -0.0496. The van der Waals surface area contributed by atoms with Crippen LogP contribution in [0.25, 0.3) is 0 Å². The van der Waals surface area contributed by atoms with Gasteiger partial charge in [-0.25, -0.2) is 8.78 Å². The lowest BCUT2D eigenvalue weighted by molar-refractivity contribution is 0.0993. The molecule has 0 aromatic heterocycles. The summed E-state index contributed by atoms with van der Waals surface area (Å²) in [4.78, 5) is 12.1. The summed E-state index contributed by atoms with van der Waals surface area (Å²) in [5.74, 6) is -1.32. The van der Waals surface area contributed by atoms with Crippen LogP contribution in [0.1, 0.15) is 15.9 Å². The molecule has 5 heteroatoms. The highest BCUT2D eigenvalue weighted by Crippen LogP contribution is 2.22. The molecule has 2 rings (SSSR count). The molecule has 0 aliphatic rings. The predicted octanol–water partition coefficient (Wildman–Crippen LogP) is 3.73. The van der Waals surface area contributed by atoms with Crippen LogP contribution in [0.15, 0.2) is 40.9 Å². The molecular formula is C14H10BrF2NO. The van der Waals surface area contributed by atoms with Crippen molar-refractivity contribution in [2.24, 2.45) is 0 Å². The Balaban J connectivity index is 2.30. The second-order valence-electron chi connectivity index (χ2n) is 4.07. The van der Waals surface area contributed by atoms with Crippen molar-refractivity contribution in [3.05, 3.63) is 63.6 Å². The van der Waals surface area contributed by atoms with Gasteiger partial charge in [-0.3, -0.25) is 4.79 Å². The SMILES string of the molecule is Nc1ccc(F)cc1C(=O)Cc1cc(F)ccc1Br. The molecule has 0 fully saturated rings. The molecule has 2 aromatic carbocycles. The van der Waals surface area contributed by atoms with Crippen molar-refractivity contribution in [3.8, 4) is 0 Å². The molecule has 0 spiro atoms. The van der Waals surface area contributed by atoms with Gasteiger partial charge in [0.05, 0.1) is 0 Å². The zero-order valence-electron chi connectivity index (χ0n) is 9.79. The molecule has 0 radical (unpaired) electrons. The number of carbonyl (C=O) groups is 1. The Labute approximate surface area is 117 Å². The second kappa shape index (κ2) is 5.48. The van der Waals surface area contributed by atoms with Crippen molar-refractivity contribution in [1.29, 1.82) is 0 Å². The Morgan fingerprint density at radius 3 is 2.47 bits per heavy atom. The van der Waals surface area contributed by atoms with Gasteiger partial charge in [-0.15, -0.1) is 0 Å². The Morgan fingerprint density at radius 2 is 1.74 bits per heavy atom. The van der Waals surface area contributed by atoms with Crippen molar-refractivity contribution in [2.75, 3.05) is 5.73 Å². The Morgan fingerprint density at radius 1 is 1.11 bits per heavy atom. The molecule has 0 aliphatic carbocycles. The fourth-order valence-corrected chi connectivity index (χ4v) is 2.10. The summed E-state index contributed by atoms with van der Waals surface area (Å²) in [5.41, 5.74) is 6.45. The molecule has 98 valence electrons. The Kier molecular flexibility index (Phi) is 3.95. The minimum absolute atomic E-state index is 0.0496. The van der Waals surface area contributed by atoms with Gasteiger partial charge in [0.2, 0.25) is 0 Å². The molecule has 19 heavy (non-hydrogen) atoms. The highest BCUT2D eigenvalue weighted by molar-refractivity contribution is 9.10. The molecular weight excluding hydrogens is 316 g/mol. The minimum Gasteiger partial charge on any atom is -0.398 e. The van der Waals surface area contributed by atoms with Gasteiger partial charge < -0.3 is 5.73 Å². The number of benzene rings is 2. The highest BCUT2D eigenvalue weighted by atomic mass is 79.9. The van der Waals surface area contributed by atoms with E-state index in [0.717, 1.165) is 6.07 Å². The van der Waals surface area contributed by atoms with Crippen LogP contribution in [-0.4, -0.2) is 5.78 Å². The van der Waals surface area contributed by atoms with E-state index in [4.69, 9.17) is 5.73 Å². The largest absolute Gasteiger partial charge is 0.398 e. The summed E-state index contributed by atoms with van der Waals surface area (Å²) < 4.78 is 26.9. The average molecular weight is 326 g/mol. The molecule has 2 N–H and O–H groups in total. The predicted molar refractivity (Wildman–Crippen MR) is 72.9 cm³/mol. The maximum absolute atomic E-state index is 13.1. The Hall–Kier alpha value is -1.75. The lowest BCUT2D eigenvalue weighted by Crippen LogP contribution is -2.08. The van der Waals surface area contributed by atoms with E-state index in [1.807, 2.05) is 0 Å². The van der Waals surface area contributed by atoms with Crippen molar-refractivity contribution < 1.29 is 13.6 Å². The van der Waals surface area contributed by atoms with E-state index in [1.54, 1.807) is 0 Å². The fourth-order valence-electron chi connectivity index (χ4n) is 1.72. The number of hydrogen-bond acceptors (Lipinski definition) is 2. The molecule has 2 aromatic rings. The van der Waals surface area contributed by atoms with Crippen LogP contribution in [-0.2, 0) is 6.42 Å². The van der Waals surface area contributed by atoms with E-state index in [2.05, 4.69) is 15.9 Å². The van der Waals surface area contributed by atoms with Gasteiger partial charge in [0.15, 0.2) is 5.78 Å². The monoisotopic (exact) mass is 325 g/mol. The van der Waals surface area contributed by atoms with Crippen molar-refractivity contribution >= 4 is 27.4 Å². The van der Waals surface area contributed by atoms with Crippen LogP contribution in [0.5, 0.6) is 0 Å². The standard InChI is InChI=1S/C14H10BrF2NO/c15-12-3-1-9(16)5-8(12)6-14(19)11-7-10(17)2-4-13(11)18/h1-5,7H,6,18H2. The van der Waals surface area contributed by atoms with Gasteiger partial charge in [0.25, 0.3) is 0 Å². The van der Waals surface area contributed by atoms with Crippen LogP contribution < -0.4 is 5.73 Å². The summed E-state index contributed by atoms with van der Waals surface area (Å²) in [6.45, 7) is 0. The van der Waals surface area contributed by atoms with Crippen molar-refractivity contribution in [3.63, 3.8) is 0 Å².